The predicted octanol–water partition coefficient (Wildman–Crippen LogP) is 1.84. The van der Waals surface area contributed by atoms with Gasteiger partial charge < -0.3 is 4.74 Å². The van der Waals surface area contributed by atoms with Crippen LogP contribution in [0.1, 0.15) is 10.5 Å². The lowest BCUT2D eigenvalue weighted by atomic mass is 10.3. The Balaban J connectivity index is 2.71. The molecular formula is C8H6F3NO2. The molecule has 0 radical (unpaired) electrons. The molecule has 0 aliphatic rings. The first-order valence-electron chi connectivity index (χ1n) is 3.62. The third kappa shape index (κ3) is 3.04. The van der Waals surface area contributed by atoms with Crippen LogP contribution in [0.15, 0.2) is 18.3 Å². The zero-order valence-electron chi connectivity index (χ0n) is 6.91. The van der Waals surface area contributed by atoms with Gasteiger partial charge in [-0.1, -0.05) is 0 Å². The van der Waals surface area contributed by atoms with E-state index in [1.165, 1.54) is 18.3 Å². The van der Waals surface area contributed by atoms with Gasteiger partial charge >= 0.3 is 6.18 Å². The fraction of sp³-hybridized carbons (Fsp3) is 0.250. The summed E-state index contributed by atoms with van der Waals surface area (Å²) in [6.07, 6.45) is -2.79. The number of aldehydes is 1. The SMILES string of the molecule is O=Cc1ncccc1OCC(F)(F)F. The van der Waals surface area contributed by atoms with Crippen LogP contribution in [0.2, 0.25) is 0 Å². The van der Waals surface area contributed by atoms with Crippen LogP contribution in [0.3, 0.4) is 0 Å². The molecule has 1 rings (SSSR count). The van der Waals surface area contributed by atoms with Gasteiger partial charge in [-0.2, -0.15) is 13.2 Å². The summed E-state index contributed by atoms with van der Waals surface area (Å²) >= 11 is 0. The minimum Gasteiger partial charge on any atom is -0.482 e. The van der Waals surface area contributed by atoms with E-state index in [1.807, 2.05) is 0 Å². The monoisotopic (exact) mass is 205 g/mol. The van der Waals surface area contributed by atoms with Crippen molar-refractivity contribution in [3.05, 3.63) is 24.0 Å². The van der Waals surface area contributed by atoms with E-state index in [9.17, 15) is 18.0 Å². The van der Waals surface area contributed by atoms with Crippen molar-refractivity contribution in [2.75, 3.05) is 6.61 Å². The molecule has 0 saturated carbocycles. The molecule has 0 spiro atoms. The minimum absolute atomic E-state index is 0.142. The Morgan fingerprint density at radius 3 is 2.79 bits per heavy atom. The Morgan fingerprint density at radius 2 is 2.21 bits per heavy atom. The van der Waals surface area contributed by atoms with Gasteiger partial charge in [-0.15, -0.1) is 0 Å². The number of carbonyl (C=O) groups excluding carboxylic acids is 1. The fourth-order valence-electron chi connectivity index (χ4n) is 0.773. The first-order valence-corrected chi connectivity index (χ1v) is 3.62. The lowest BCUT2D eigenvalue weighted by Gasteiger charge is -2.09. The summed E-state index contributed by atoms with van der Waals surface area (Å²) in [5, 5.41) is 0. The summed E-state index contributed by atoms with van der Waals surface area (Å²) in [5.41, 5.74) is -0.142. The van der Waals surface area contributed by atoms with Gasteiger partial charge in [-0.3, -0.25) is 4.79 Å². The third-order valence-corrected chi connectivity index (χ3v) is 1.30. The highest BCUT2D eigenvalue weighted by Gasteiger charge is 2.28. The molecule has 0 bridgehead atoms. The number of alkyl halides is 3. The van der Waals surface area contributed by atoms with Gasteiger partial charge in [0.05, 0.1) is 0 Å². The molecule has 0 amide bonds. The molecule has 0 N–H and O–H groups in total. The van der Waals surface area contributed by atoms with Gasteiger partial charge in [0.1, 0.15) is 11.4 Å². The van der Waals surface area contributed by atoms with E-state index in [2.05, 4.69) is 9.72 Å². The molecule has 0 unspecified atom stereocenters. The lowest BCUT2D eigenvalue weighted by Crippen LogP contribution is -2.19. The summed E-state index contributed by atoms with van der Waals surface area (Å²) in [4.78, 5) is 13.9. The van der Waals surface area contributed by atoms with Crippen LogP contribution >= 0.6 is 0 Å². The van der Waals surface area contributed by atoms with Crippen molar-refractivity contribution in [3.8, 4) is 5.75 Å². The molecule has 76 valence electrons. The second-order valence-corrected chi connectivity index (χ2v) is 2.41. The summed E-state index contributed by atoms with van der Waals surface area (Å²) in [6, 6.07) is 2.64. The Morgan fingerprint density at radius 1 is 1.50 bits per heavy atom. The molecule has 0 saturated heterocycles. The Bertz CT molecular complexity index is 325. The first kappa shape index (κ1) is 10.5. The lowest BCUT2D eigenvalue weighted by molar-refractivity contribution is -0.153. The molecule has 0 aliphatic carbocycles. The molecule has 1 aromatic rings. The normalized spacial score (nSPS) is 11.1. The van der Waals surface area contributed by atoms with E-state index in [4.69, 9.17) is 0 Å². The number of aromatic nitrogens is 1. The molecular weight excluding hydrogens is 199 g/mol. The molecule has 0 aliphatic heterocycles. The minimum atomic E-state index is -4.42. The van der Waals surface area contributed by atoms with Crippen molar-refractivity contribution in [3.63, 3.8) is 0 Å². The van der Waals surface area contributed by atoms with Crippen LogP contribution in [0.4, 0.5) is 13.2 Å². The number of nitrogens with zero attached hydrogens (tertiary/aromatic N) is 1. The van der Waals surface area contributed by atoms with Gasteiger partial charge in [0.25, 0.3) is 0 Å². The van der Waals surface area contributed by atoms with Crippen molar-refractivity contribution in [1.29, 1.82) is 0 Å². The highest BCUT2D eigenvalue weighted by atomic mass is 19.4. The second kappa shape index (κ2) is 4.08. The second-order valence-electron chi connectivity index (χ2n) is 2.41. The Hall–Kier alpha value is -1.59. The summed E-state index contributed by atoms with van der Waals surface area (Å²) < 4.78 is 39.6. The molecule has 14 heavy (non-hydrogen) atoms. The van der Waals surface area contributed by atoms with E-state index in [-0.39, 0.29) is 11.4 Å². The van der Waals surface area contributed by atoms with Crippen molar-refractivity contribution in [2.24, 2.45) is 0 Å². The predicted molar refractivity (Wildman–Crippen MR) is 41.2 cm³/mol. The number of ether oxygens (including phenoxy) is 1. The standard InChI is InChI=1S/C8H6F3NO2/c9-8(10,11)5-14-7-2-1-3-12-6(7)4-13/h1-4H,5H2. The van der Waals surface area contributed by atoms with Gasteiger partial charge in [0.15, 0.2) is 12.9 Å². The Labute approximate surface area is 77.5 Å². The van der Waals surface area contributed by atoms with Crippen LogP contribution in [-0.4, -0.2) is 24.1 Å². The highest BCUT2D eigenvalue weighted by Crippen LogP contribution is 2.19. The van der Waals surface area contributed by atoms with Crippen molar-refractivity contribution in [2.45, 2.75) is 6.18 Å². The number of hydrogen-bond acceptors (Lipinski definition) is 3. The van der Waals surface area contributed by atoms with E-state index in [0.717, 1.165) is 0 Å². The first-order chi connectivity index (χ1) is 6.53. The average Bonchev–Trinajstić information content (AvgIpc) is 2.14. The van der Waals surface area contributed by atoms with Gasteiger partial charge in [-0.25, -0.2) is 4.98 Å². The quantitative estimate of drug-likeness (QED) is 0.706. The number of carbonyl (C=O) groups is 1. The van der Waals surface area contributed by atoms with Crippen LogP contribution in [-0.2, 0) is 0 Å². The smallest absolute Gasteiger partial charge is 0.422 e. The number of pyridine rings is 1. The van der Waals surface area contributed by atoms with Crippen LogP contribution < -0.4 is 4.74 Å². The molecule has 1 heterocycles. The molecule has 6 heteroatoms. The third-order valence-electron chi connectivity index (χ3n) is 1.30. The van der Waals surface area contributed by atoms with Crippen molar-refractivity contribution in [1.82, 2.24) is 4.98 Å². The summed E-state index contributed by atoms with van der Waals surface area (Å²) in [7, 11) is 0. The average molecular weight is 205 g/mol. The van der Waals surface area contributed by atoms with Crippen molar-refractivity contribution < 1.29 is 22.7 Å². The summed E-state index contributed by atoms with van der Waals surface area (Å²) in [6.45, 7) is -1.43. The number of halogens is 3. The Kier molecular flexibility index (Phi) is 3.06. The zero-order valence-corrected chi connectivity index (χ0v) is 6.91. The molecule has 3 nitrogen and oxygen atoms in total. The van der Waals surface area contributed by atoms with Crippen LogP contribution in [0.5, 0.6) is 5.75 Å². The van der Waals surface area contributed by atoms with Crippen molar-refractivity contribution >= 4 is 6.29 Å². The molecule has 0 aromatic carbocycles. The van der Waals surface area contributed by atoms with Crippen LogP contribution in [0.25, 0.3) is 0 Å². The topological polar surface area (TPSA) is 39.2 Å². The van der Waals surface area contributed by atoms with E-state index >= 15 is 0 Å². The number of hydrogen-bond donors (Lipinski definition) is 0. The molecule has 0 atom stereocenters. The molecule has 0 fully saturated rings. The maximum absolute atomic E-state index is 11.7. The molecule has 1 aromatic heterocycles. The van der Waals surface area contributed by atoms with E-state index in [0.29, 0.717) is 6.29 Å². The summed E-state index contributed by atoms with van der Waals surface area (Å²) in [5.74, 6) is -0.167. The zero-order chi connectivity index (χ0) is 10.6. The van der Waals surface area contributed by atoms with Gasteiger partial charge in [-0.05, 0) is 12.1 Å². The van der Waals surface area contributed by atoms with Crippen LogP contribution in [0, 0.1) is 0 Å². The van der Waals surface area contributed by atoms with Gasteiger partial charge in [0.2, 0.25) is 0 Å². The maximum atomic E-state index is 11.7. The largest absolute Gasteiger partial charge is 0.482 e. The van der Waals surface area contributed by atoms with E-state index in [1.54, 1.807) is 0 Å². The fourth-order valence-corrected chi connectivity index (χ4v) is 0.773. The number of rotatable bonds is 3. The highest BCUT2D eigenvalue weighted by molar-refractivity contribution is 5.75. The maximum Gasteiger partial charge on any atom is 0.422 e. The van der Waals surface area contributed by atoms with E-state index < -0.39 is 12.8 Å². The van der Waals surface area contributed by atoms with Gasteiger partial charge in [0, 0.05) is 6.20 Å².